The molecule has 1 aliphatic rings. The first-order chi connectivity index (χ1) is 28.8. The van der Waals surface area contributed by atoms with Crippen molar-refractivity contribution in [3.63, 3.8) is 0 Å². The summed E-state index contributed by atoms with van der Waals surface area (Å²) >= 11 is 0. The van der Waals surface area contributed by atoms with Gasteiger partial charge < -0.3 is 4.57 Å². The second kappa shape index (κ2) is 12.9. The van der Waals surface area contributed by atoms with Crippen LogP contribution in [0.4, 0.5) is 0 Å². The zero-order chi connectivity index (χ0) is 38.2. The normalized spacial score (nSPS) is 13.0. The lowest BCUT2D eigenvalue weighted by molar-refractivity contribution is 1.18. The van der Waals surface area contributed by atoms with E-state index in [4.69, 9.17) is 0 Å². The van der Waals surface area contributed by atoms with E-state index in [2.05, 4.69) is 229 Å². The van der Waals surface area contributed by atoms with Crippen LogP contribution in [0.2, 0.25) is 0 Å². The number of hydrogen-bond acceptors (Lipinski definition) is 0. The molecule has 11 aromatic rings. The average molecular weight is 752 g/mol. The molecule has 0 fully saturated rings. The summed E-state index contributed by atoms with van der Waals surface area (Å²) in [6.07, 6.45) is 0. The topological polar surface area (TPSA) is 4.93 Å². The van der Waals surface area contributed by atoms with E-state index >= 15 is 0 Å². The predicted octanol–water partition coefficient (Wildman–Crippen LogP) is 11.8. The van der Waals surface area contributed by atoms with Crippen LogP contribution in [0.1, 0.15) is 0 Å². The summed E-state index contributed by atoms with van der Waals surface area (Å²) in [6, 6.07) is 84.0. The smallest absolute Gasteiger partial charge is 0.180 e. The van der Waals surface area contributed by atoms with Crippen molar-refractivity contribution in [2.45, 2.75) is 0 Å². The van der Waals surface area contributed by atoms with Gasteiger partial charge in [-0.15, -0.1) is 0 Å². The first-order valence-electron chi connectivity index (χ1n) is 20.2. The molecule has 0 N–H and O–H groups in total. The molecule has 0 saturated carbocycles. The van der Waals surface area contributed by atoms with Crippen molar-refractivity contribution in [3.05, 3.63) is 224 Å². The number of nitrogens with zero attached hydrogens (tertiary/aromatic N) is 1. The molecule has 58 heavy (non-hydrogen) atoms. The number of fused-ring (bicyclic) bond motifs is 8. The molecule has 10 aromatic carbocycles. The molecule has 1 aromatic heterocycles. The molecule has 0 amide bonds. The first kappa shape index (κ1) is 32.9. The molecular weight excluding hydrogens is 715 g/mol. The molecule has 1 aliphatic heterocycles. The molecule has 0 spiro atoms. The Morgan fingerprint density at radius 3 is 1.34 bits per heavy atom. The number of aromatic nitrogens is 1. The number of hydrogen-bond donors (Lipinski definition) is 0. The van der Waals surface area contributed by atoms with E-state index in [-0.39, 0.29) is 0 Å². The third kappa shape index (κ3) is 4.76. The minimum atomic E-state index is -2.68. The lowest BCUT2D eigenvalue weighted by Gasteiger charge is -2.31. The highest BCUT2D eigenvalue weighted by Crippen LogP contribution is 2.40. The minimum absolute atomic E-state index is 1.19. The van der Waals surface area contributed by atoms with Crippen molar-refractivity contribution in [1.82, 2.24) is 4.57 Å². The van der Waals surface area contributed by atoms with Gasteiger partial charge in [0.05, 0.1) is 11.0 Å². The number of benzene rings is 10. The summed E-state index contributed by atoms with van der Waals surface area (Å²) in [6.45, 7) is 0. The van der Waals surface area contributed by atoms with E-state index in [1.54, 1.807) is 0 Å². The molecule has 0 unspecified atom stereocenters. The molecule has 0 saturated heterocycles. The van der Waals surface area contributed by atoms with Gasteiger partial charge >= 0.3 is 0 Å². The molecular formula is C56H37NSi. The van der Waals surface area contributed by atoms with Crippen LogP contribution in [-0.4, -0.2) is 12.6 Å². The summed E-state index contributed by atoms with van der Waals surface area (Å²) in [5.74, 6) is 0. The largest absolute Gasteiger partial charge is 0.309 e. The van der Waals surface area contributed by atoms with Gasteiger partial charge in [-0.3, -0.25) is 0 Å². The molecule has 0 atom stereocenters. The molecule has 2 heteroatoms. The molecule has 2 heterocycles. The fourth-order valence-electron chi connectivity index (χ4n) is 10.2. The van der Waals surface area contributed by atoms with Crippen molar-refractivity contribution in [2.24, 2.45) is 0 Å². The SMILES string of the molecule is c1ccc([Si]2(c3ccccc3)c3ccccc3-c3ccc(-n4c5ccc(-c6cccc7ccccc67)cc5c5cc(-c6cccc7ccccc67)ccc54)cc32)cc1. The summed E-state index contributed by atoms with van der Waals surface area (Å²) in [5, 5.41) is 13.3. The Hall–Kier alpha value is -7.26. The van der Waals surface area contributed by atoms with Crippen molar-refractivity contribution in [1.29, 1.82) is 0 Å². The highest BCUT2D eigenvalue weighted by molar-refractivity contribution is 7.22. The quantitative estimate of drug-likeness (QED) is 0.154. The van der Waals surface area contributed by atoms with Gasteiger partial charge in [0.15, 0.2) is 8.07 Å². The van der Waals surface area contributed by atoms with Crippen molar-refractivity contribution < 1.29 is 0 Å². The second-order valence-corrected chi connectivity index (χ2v) is 19.3. The van der Waals surface area contributed by atoms with Crippen molar-refractivity contribution in [3.8, 4) is 39.1 Å². The molecule has 270 valence electrons. The first-order valence-corrected chi connectivity index (χ1v) is 22.2. The van der Waals surface area contributed by atoms with Crippen molar-refractivity contribution >= 4 is 72.2 Å². The monoisotopic (exact) mass is 751 g/mol. The Bertz CT molecular complexity index is 3210. The predicted molar refractivity (Wildman–Crippen MR) is 249 cm³/mol. The zero-order valence-electron chi connectivity index (χ0n) is 31.8. The Kier molecular flexibility index (Phi) is 7.32. The summed E-state index contributed by atoms with van der Waals surface area (Å²) in [4.78, 5) is 0. The lowest BCUT2D eigenvalue weighted by Crippen LogP contribution is -2.72. The third-order valence-corrected chi connectivity index (χ3v) is 17.5. The van der Waals surface area contributed by atoms with E-state index < -0.39 is 8.07 Å². The molecule has 12 rings (SSSR count). The fourth-order valence-corrected chi connectivity index (χ4v) is 15.4. The van der Waals surface area contributed by atoms with Crippen LogP contribution in [0.3, 0.4) is 0 Å². The highest BCUT2D eigenvalue weighted by Gasteiger charge is 2.48. The summed E-state index contributed by atoms with van der Waals surface area (Å²) < 4.78 is 2.52. The maximum absolute atomic E-state index is 2.68. The molecule has 1 nitrogen and oxygen atoms in total. The maximum Gasteiger partial charge on any atom is 0.180 e. The highest BCUT2D eigenvalue weighted by atomic mass is 28.3. The van der Waals surface area contributed by atoms with E-state index in [1.165, 1.54) is 103 Å². The van der Waals surface area contributed by atoms with Crippen LogP contribution in [0.25, 0.3) is 82.4 Å². The van der Waals surface area contributed by atoms with Crippen LogP contribution in [-0.2, 0) is 0 Å². The van der Waals surface area contributed by atoms with E-state index in [9.17, 15) is 0 Å². The van der Waals surface area contributed by atoms with Gasteiger partial charge in [-0.05, 0) is 112 Å². The van der Waals surface area contributed by atoms with E-state index in [0.29, 0.717) is 0 Å². The standard InChI is InChI=1S/C56H37NSi/c1-3-19-43(20-4-1)58(44-21-5-2-6-22-44)55-28-12-11-25-49(55)50-32-31-42(37-56(50)58)57-53-33-29-40(47-26-13-17-38-15-7-9-23-45(38)47)35-51(53)52-36-41(30-34-54(52)57)48-27-14-18-39-16-8-10-24-46(39)48/h1-37H. The van der Waals surface area contributed by atoms with Crippen LogP contribution in [0.5, 0.6) is 0 Å². The van der Waals surface area contributed by atoms with Gasteiger partial charge in [0.1, 0.15) is 0 Å². The zero-order valence-corrected chi connectivity index (χ0v) is 32.8. The van der Waals surface area contributed by atoms with E-state index in [0.717, 1.165) is 0 Å². The van der Waals surface area contributed by atoms with Gasteiger partial charge in [0, 0.05) is 16.5 Å². The minimum Gasteiger partial charge on any atom is -0.309 e. The van der Waals surface area contributed by atoms with Gasteiger partial charge in [0.2, 0.25) is 0 Å². The lowest BCUT2D eigenvalue weighted by atomic mass is 9.95. The van der Waals surface area contributed by atoms with Gasteiger partial charge in [-0.2, -0.15) is 0 Å². The Morgan fingerprint density at radius 2 is 0.759 bits per heavy atom. The van der Waals surface area contributed by atoms with E-state index in [1.807, 2.05) is 0 Å². The number of rotatable bonds is 5. The van der Waals surface area contributed by atoms with Crippen molar-refractivity contribution in [2.75, 3.05) is 0 Å². The van der Waals surface area contributed by atoms with Crippen LogP contribution in [0.15, 0.2) is 224 Å². The molecule has 0 radical (unpaired) electrons. The van der Waals surface area contributed by atoms with Crippen LogP contribution < -0.4 is 20.7 Å². The van der Waals surface area contributed by atoms with Gasteiger partial charge in [-0.1, -0.05) is 188 Å². The fraction of sp³-hybridized carbons (Fsp3) is 0. The van der Waals surface area contributed by atoms with Crippen LogP contribution >= 0.6 is 0 Å². The Balaban J connectivity index is 1.15. The Labute approximate surface area is 338 Å². The van der Waals surface area contributed by atoms with Gasteiger partial charge in [0.25, 0.3) is 0 Å². The average Bonchev–Trinajstić information content (AvgIpc) is 3.78. The maximum atomic E-state index is 2.54. The third-order valence-electron chi connectivity index (χ3n) is 12.7. The molecule has 0 aliphatic carbocycles. The molecule has 0 bridgehead atoms. The Morgan fingerprint density at radius 1 is 0.293 bits per heavy atom. The second-order valence-electron chi connectivity index (χ2n) is 15.6. The van der Waals surface area contributed by atoms with Gasteiger partial charge in [-0.25, -0.2) is 0 Å². The summed E-state index contributed by atoms with van der Waals surface area (Å²) in [7, 11) is -2.68. The summed E-state index contributed by atoms with van der Waals surface area (Å²) in [5.41, 5.74) is 11.2. The van der Waals surface area contributed by atoms with Crippen LogP contribution in [0, 0.1) is 0 Å².